The second-order valence-electron chi connectivity index (χ2n) is 5.95. The molecule has 1 aliphatic heterocycles. The minimum absolute atomic E-state index is 0.0273. The molecule has 1 aromatic heterocycles. The van der Waals surface area contributed by atoms with E-state index >= 15 is 0 Å². The molecule has 146 valence electrons. The summed E-state index contributed by atoms with van der Waals surface area (Å²) in [4.78, 5) is 22.3. The van der Waals surface area contributed by atoms with E-state index in [9.17, 15) is 9.18 Å². The number of hydrogen-bond acceptors (Lipinski definition) is 6. The van der Waals surface area contributed by atoms with Gasteiger partial charge in [-0.3, -0.25) is 4.79 Å². The number of hydrogen-bond donors (Lipinski definition) is 1. The number of carbonyl (C=O) groups is 1. The smallest absolute Gasteiger partial charge is 0.284 e. The monoisotopic (exact) mass is 423 g/mol. The molecule has 0 saturated heterocycles. The first-order valence-corrected chi connectivity index (χ1v) is 8.99. The van der Waals surface area contributed by atoms with E-state index in [-0.39, 0.29) is 10.1 Å². The minimum Gasteiger partial charge on any atom is -0.437 e. The molecule has 3 rings (SSSR count). The van der Waals surface area contributed by atoms with Crippen LogP contribution in [0.3, 0.4) is 0 Å². The summed E-state index contributed by atoms with van der Waals surface area (Å²) in [6.45, 7) is 5.94. The van der Waals surface area contributed by atoms with Crippen LogP contribution in [0.2, 0.25) is 5.02 Å². The normalized spacial score (nSPS) is 14.1. The van der Waals surface area contributed by atoms with Crippen molar-refractivity contribution in [1.82, 2.24) is 20.3 Å². The SMILES string of the molecule is C=NNC(=O)/C(Cl)=C(\C)N1CCc2c(ncnc2Oc2ccc(F)cc2Cl)C1. The van der Waals surface area contributed by atoms with Crippen LogP contribution in [-0.4, -0.2) is 34.0 Å². The minimum atomic E-state index is -0.530. The highest BCUT2D eigenvalue weighted by Gasteiger charge is 2.25. The maximum atomic E-state index is 13.2. The largest absolute Gasteiger partial charge is 0.437 e. The Morgan fingerprint density at radius 1 is 1.43 bits per heavy atom. The van der Waals surface area contributed by atoms with Gasteiger partial charge in [0.1, 0.15) is 22.9 Å². The number of halogens is 3. The van der Waals surface area contributed by atoms with Gasteiger partial charge < -0.3 is 9.64 Å². The molecule has 1 aromatic carbocycles. The molecule has 0 radical (unpaired) electrons. The molecule has 0 atom stereocenters. The van der Waals surface area contributed by atoms with Gasteiger partial charge in [-0.25, -0.2) is 19.8 Å². The summed E-state index contributed by atoms with van der Waals surface area (Å²) in [5, 5.41) is 3.50. The lowest BCUT2D eigenvalue weighted by atomic mass is 10.1. The second kappa shape index (κ2) is 8.53. The maximum absolute atomic E-state index is 13.2. The lowest BCUT2D eigenvalue weighted by Crippen LogP contribution is -2.32. The van der Waals surface area contributed by atoms with Gasteiger partial charge in [-0.05, 0) is 31.5 Å². The van der Waals surface area contributed by atoms with Crippen LogP contribution in [0.25, 0.3) is 0 Å². The summed E-state index contributed by atoms with van der Waals surface area (Å²) in [7, 11) is 0. The van der Waals surface area contributed by atoms with Crippen molar-refractivity contribution in [3.63, 3.8) is 0 Å². The number of amides is 1. The second-order valence-corrected chi connectivity index (χ2v) is 6.74. The quantitative estimate of drug-likeness (QED) is 0.451. The molecule has 2 aromatic rings. The van der Waals surface area contributed by atoms with Crippen LogP contribution in [0.1, 0.15) is 18.2 Å². The van der Waals surface area contributed by atoms with Crippen LogP contribution >= 0.6 is 23.2 Å². The van der Waals surface area contributed by atoms with Gasteiger partial charge in [0.15, 0.2) is 0 Å². The molecular formula is C18H16Cl2FN5O2. The zero-order valence-electron chi connectivity index (χ0n) is 14.9. The molecule has 2 heterocycles. The number of fused-ring (bicyclic) bond motifs is 1. The van der Waals surface area contributed by atoms with E-state index in [1.807, 2.05) is 4.90 Å². The average Bonchev–Trinajstić information content (AvgIpc) is 2.69. The highest BCUT2D eigenvalue weighted by Crippen LogP contribution is 2.33. The van der Waals surface area contributed by atoms with E-state index < -0.39 is 11.7 Å². The molecule has 1 amide bonds. The van der Waals surface area contributed by atoms with Crippen LogP contribution in [-0.2, 0) is 17.8 Å². The number of nitrogens with zero attached hydrogens (tertiary/aromatic N) is 4. The molecule has 0 fully saturated rings. The van der Waals surface area contributed by atoms with E-state index in [1.165, 1.54) is 24.5 Å². The molecule has 0 bridgehead atoms. The average molecular weight is 424 g/mol. The molecule has 7 nitrogen and oxygen atoms in total. The molecule has 0 unspecified atom stereocenters. The van der Waals surface area contributed by atoms with Crippen molar-refractivity contribution in [1.29, 1.82) is 0 Å². The Labute approximate surface area is 170 Å². The Kier molecular flexibility index (Phi) is 6.11. The van der Waals surface area contributed by atoms with Gasteiger partial charge in [0.05, 0.1) is 17.3 Å². The summed E-state index contributed by atoms with van der Waals surface area (Å²) in [5.74, 6) is -0.316. The summed E-state index contributed by atoms with van der Waals surface area (Å²) >= 11 is 12.2. The van der Waals surface area contributed by atoms with Gasteiger partial charge in [-0.2, -0.15) is 5.10 Å². The van der Waals surface area contributed by atoms with Crippen molar-refractivity contribution in [2.24, 2.45) is 5.10 Å². The summed E-state index contributed by atoms with van der Waals surface area (Å²) in [5.41, 5.74) is 4.35. The Bertz CT molecular complexity index is 967. The number of allylic oxidation sites excluding steroid dienone is 1. The predicted octanol–water partition coefficient (Wildman–Crippen LogP) is 3.62. The third kappa shape index (κ3) is 4.23. The lowest BCUT2D eigenvalue weighted by Gasteiger charge is -2.31. The van der Waals surface area contributed by atoms with Crippen molar-refractivity contribution in [2.75, 3.05) is 6.54 Å². The molecule has 1 aliphatic rings. The van der Waals surface area contributed by atoms with Crippen molar-refractivity contribution in [3.8, 4) is 11.6 Å². The number of ether oxygens (including phenoxy) is 1. The summed E-state index contributed by atoms with van der Waals surface area (Å²) in [6, 6.07) is 3.88. The van der Waals surface area contributed by atoms with Gasteiger partial charge in [0.25, 0.3) is 5.91 Å². The number of benzene rings is 1. The first-order valence-electron chi connectivity index (χ1n) is 8.23. The summed E-state index contributed by atoms with van der Waals surface area (Å²) in [6.07, 6.45) is 1.94. The predicted molar refractivity (Wildman–Crippen MR) is 104 cm³/mol. The Morgan fingerprint density at radius 2 is 2.21 bits per heavy atom. The summed E-state index contributed by atoms with van der Waals surface area (Å²) < 4.78 is 19.0. The van der Waals surface area contributed by atoms with Gasteiger partial charge in [-0.15, -0.1) is 0 Å². The van der Waals surface area contributed by atoms with Crippen LogP contribution < -0.4 is 10.2 Å². The first-order chi connectivity index (χ1) is 13.4. The molecule has 1 N–H and O–H groups in total. The maximum Gasteiger partial charge on any atom is 0.284 e. The number of hydrazone groups is 1. The van der Waals surface area contributed by atoms with E-state index in [0.29, 0.717) is 36.8 Å². The highest BCUT2D eigenvalue weighted by atomic mass is 35.5. The molecule has 0 aliphatic carbocycles. The molecule has 28 heavy (non-hydrogen) atoms. The van der Waals surface area contributed by atoms with Crippen molar-refractivity contribution in [2.45, 2.75) is 19.9 Å². The fourth-order valence-corrected chi connectivity index (χ4v) is 3.15. The van der Waals surface area contributed by atoms with Crippen molar-refractivity contribution >= 4 is 35.8 Å². The molecular weight excluding hydrogens is 408 g/mol. The zero-order valence-corrected chi connectivity index (χ0v) is 16.4. The molecule has 10 heteroatoms. The molecule has 0 spiro atoms. The van der Waals surface area contributed by atoms with E-state index in [2.05, 4.69) is 27.2 Å². The third-order valence-corrected chi connectivity index (χ3v) is 4.98. The third-order valence-electron chi connectivity index (χ3n) is 4.24. The van der Waals surface area contributed by atoms with Gasteiger partial charge in [0.2, 0.25) is 5.88 Å². The van der Waals surface area contributed by atoms with E-state index in [1.54, 1.807) is 6.92 Å². The highest BCUT2D eigenvalue weighted by molar-refractivity contribution is 6.42. The van der Waals surface area contributed by atoms with Crippen LogP contribution in [0.4, 0.5) is 4.39 Å². The van der Waals surface area contributed by atoms with Gasteiger partial charge in [0, 0.05) is 24.5 Å². The topological polar surface area (TPSA) is 79.7 Å². The van der Waals surface area contributed by atoms with Crippen molar-refractivity contribution < 1.29 is 13.9 Å². The van der Waals surface area contributed by atoms with E-state index in [0.717, 1.165) is 11.3 Å². The Balaban J connectivity index is 1.84. The number of rotatable bonds is 5. The Morgan fingerprint density at radius 3 is 2.93 bits per heavy atom. The standard InChI is InChI=1S/C18H16Cl2FN5O2/c1-10(16(20)17(27)25-22-2)26-6-5-12-14(8-26)23-9-24-18(12)28-15-4-3-11(21)7-13(15)19/h3-4,7,9H,2,5-6,8H2,1H3,(H,25,27)/b16-10-. The van der Waals surface area contributed by atoms with Crippen LogP contribution in [0.5, 0.6) is 11.6 Å². The Hall–Kier alpha value is -2.71. The number of carbonyl (C=O) groups excluding carboxylic acids is 1. The van der Waals surface area contributed by atoms with Gasteiger partial charge in [-0.1, -0.05) is 23.2 Å². The van der Waals surface area contributed by atoms with Gasteiger partial charge >= 0.3 is 0 Å². The fraction of sp³-hybridized carbons (Fsp3) is 0.222. The lowest BCUT2D eigenvalue weighted by molar-refractivity contribution is -0.117. The van der Waals surface area contributed by atoms with Crippen molar-refractivity contribution in [3.05, 3.63) is 57.4 Å². The van der Waals surface area contributed by atoms with E-state index in [4.69, 9.17) is 27.9 Å². The fourth-order valence-electron chi connectivity index (χ4n) is 2.78. The zero-order chi connectivity index (χ0) is 20.3. The molecule has 0 saturated carbocycles. The van der Waals surface area contributed by atoms with Crippen LogP contribution in [0, 0.1) is 5.82 Å². The van der Waals surface area contributed by atoms with Crippen LogP contribution in [0.15, 0.2) is 40.4 Å². The first kappa shape index (κ1) is 20.0. The number of nitrogens with one attached hydrogen (secondary N) is 1. The number of aromatic nitrogens is 2.